The average Bonchev–Trinajstić information content (AvgIpc) is 3.54. The van der Waals surface area contributed by atoms with Crippen molar-refractivity contribution in [1.82, 2.24) is 10.2 Å². The maximum atomic E-state index is 13.1. The van der Waals surface area contributed by atoms with Crippen LogP contribution in [-0.2, 0) is 19.1 Å². The molecule has 0 spiro atoms. The van der Waals surface area contributed by atoms with Crippen LogP contribution >= 0.6 is 0 Å². The van der Waals surface area contributed by atoms with Crippen molar-refractivity contribution in [2.75, 3.05) is 19.8 Å². The Kier molecular flexibility index (Phi) is 5.77. The Morgan fingerprint density at radius 2 is 1.76 bits per heavy atom. The summed E-state index contributed by atoms with van der Waals surface area (Å²) in [4.78, 5) is 39.0. The zero-order chi connectivity index (χ0) is 23.9. The molecule has 1 aliphatic carbocycles. The van der Waals surface area contributed by atoms with Crippen LogP contribution in [0.15, 0.2) is 48.5 Å². The molecule has 2 heterocycles. The van der Waals surface area contributed by atoms with Crippen molar-refractivity contribution in [3.8, 4) is 11.1 Å². The van der Waals surface area contributed by atoms with E-state index in [0.717, 1.165) is 22.3 Å². The van der Waals surface area contributed by atoms with Gasteiger partial charge in [0, 0.05) is 19.1 Å². The predicted molar refractivity (Wildman–Crippen MR) is 123 cm³/mol. The lowest BCUT2D eigenvalue weighted by molar-refractivity contribution is -0.159. The molecule has 2 saturated heterocycles. The summed E-state index contributed by atoms with van der Waals surface area (Å²) in [7, 11) is 0. The first-order valence-electron chi connectivity index (χ1n) is 11.7. The quantitative estimate of drug-likeness (QED) is 0.704. The minimum absolute atomic E-state index is 0.0590. The number of hydrogen-bond donors (Lipinski definition) is 2. The summed E-state index contributed by atoms with van der Waals surface area (Å²) in [5.74, 6) is -1.49. The predicted octanol–water partition coefficient (Wildman–Crippen LogP) is 3.15. The first kappa shape index (κ1) is 22.4. The fourth-order valence-corrected chi connectivity index (χ4v) is 5.46. The van der Waals surface area contributed by atoms with Crippen LogP contribution in [0.5, 0.6) is 0 Å². The van der Waals surface area contributed by atoms with E-state index in [-0.39, 0.29) is 12.5 Å². The molecular formula is C26H28N2O6. The van der Waals surface area contributed by atoms with Gasteiger partial charge >= 0.3 is 12.1 Å². The van der Waals surface area contributed by atoms with Gasteiger partial charge in [-0.2, -0.15) is 0 Å². The molecular weight excluding hydrogens is 436 g/mol. The maximum absolute atomic E-state index is 13.1. The Morgan fingerprint density at radius 1 is 1.12 bits per heavy atom. The zero-order valence-corrected chi connectivity index (χ0v) is 19.0. The highest BCUT2D eigenvalue weighted by Gasteiger charge is 2.50. The second kappa shape index (κ2) is 8.76. The number of aliphatic carboxylic acids is 1. The summed E-state index contributed by atoms with van der Waals surface area (Å²) < 4.78 is 11.2. The molecule has 2 fully saturated rings. The van der Waals surface area contributed by atoms with Crippen molar-refractivity contribution in [2.24, 2.45) is 0 Å². The number of nitrogens with one attached hydrogen (secondary N) is 1. The SMILES string of the molecule is C[C@@]1(C(=O)O)CCCN1C(=O)[C@H]1OCC[C@H]1NC(=O)OCC1c2ccccc2-c2ccccc21. The molecule has 2 N–H and O–H groups in total. The van der Waals surface area contributed by atoms with Crippen LogP contribution in [0.1, 0.15) is 43.2 Å². The third-order valence-electron chi connectivity index (χ3n) is 7.35. The minimum atomic E-state index is -1.25. The Bertz CT molecular complexity index is 1090. The summed E-state index contributed by atoms with van der Waals surface area (Å²) in [6.07, 6.45) is -0.0651. The molecule has 178 valence electrons. The summed E-state index contributed by atoms with van der Waals surface area (Å²) in [6, 6.07) is 15.6. The van der Waals surface area contributed by atoms with Gasteiger partial charge in [0.2, 0.25) is 0 Å². The Morgan fingerprint density at radius 3 is 2.41 bits per heavy atom. The third kappa shape index (κ3) is 3.72. The molecule has 0 bridgehead atoms. The van der Waals surface area contributed by atoms with Gasteiger partial charge in [-0.05, 0) is 48.4 Å². The van der Waals surface area contributed by atoms with E-state index in [2.05, 4.69) is 29.6 Å². The van der Waals surface area contributed by atoms with Gasteiger partial charge in [-0.1, -0.05) is 48.5 Å². The number of carbonyl (C=O) groups is 3. The molecule has 5 rings (SSSR count). The van der Waals surface area contributed by atoms with Gasteiger partial charge in [0.05, 0.1) is 6.04 Å². The number of fused-ring (bicyclic) bond motifs is 3. The fourth-order valence-electron chi connectivity index (χ4n) is 5.46. The molecule has 2 aliphatic heterocycles. The number of rotatable bonds is 5. The largest absolute Gasteiger partial charge is 0.480 e. The van der Waals surface area contributed by atoms with Gasteiger partial charge in [-0.3, -0.25) is 4.79 Å². The number of alkyl carbamates (subject to hydrolysis) is 1. The number of hydrogen-bond acceptors (Lipinski definition) is 5. The Labute approximate surface area is 197 Å². The standard InChI is InChI=1S/C26H28N2O6/c1-26(24(30)31)12-6-13-28(26)23(29)22-21(11-14-33-22)27-25(32)34-15-20-18-9-4-2-7-16(18)17-8-3-5-10-19(17)20/h2-5,7-10,20-22H,6,11-15H2,1H3,(H,27,32)(H,30,31)/t21-,22+,26+/m1/s1. The van der Waals surface area contributed by atoms with Gasteiger partial charge in [0.1, 0.15) is 12.1 Å². The molecule has 0 unspecified atom stereocenters. The van der Waals surface area contributed by atoms with E-state index < -0.39 is 35.7 Å². The number of carbonyl (C=O) groups excluding carboxylic acids is 2. The van der Waals surface area contributed by atoms with E-state index in [1.165, 1.54) is 4.90 Å². The lowest BCUT2D eigenvalue weighted by Crippen LogP contribution is -2.57. The van der Waals surface area contributed by atoms with E-state index in [4.69, 9.17) is 9.47 Å². The van der Waals surface area contributed by atoms with Crippen LogP contribution in [-0.4, -0.2) is 65.4 Å². The van der Waals surface area contributed by atoms with Crippen LogP contribution in [0.25, 0.3) is 11.1 Å². The number of carboxylic acid groups (broad SMARTS) is 1. The van der Waals surface area contributed by atoms with Crippen molar-refractivity contribution in [1.29, 1.82) is 0 Å². The van der Waals surface area contributed by atoms with Gasteiger partial charge in [0.15, 0.2) is 6.10 Å². The number of likely N-dealkylation sites (tertiary alicyclic amines) is 1. The molecule has 8 heteroatoms. The Hall–Kier alpha value is -3.39. The van der Waals surface area contributed by atoms with Crippen molar-refractivity contribution >= 4 is 18.0 Å². The average molecular weight is 465 g/mol. The number of amides is 2. The first-order valence-corrected chi connectivity index (χ1v) is 11.7. The van der Waals surface area contributed by atoms with Crippen LogP contribution in [0.2, 0.25) is 0 Å². The number of nitrogens with zero attached hydrogens (tertiary/aromatic N) is 1. The summed E-state index contributed by atoms with van der Waals surface area (Å²) in [5.41, 5.74) is 3.28. The van der Waals surface area contributed by atoms with Gasteiger partial charge in [-0.25, -0.2) is 9.59 Å². The lowest BCUT2D eigenvalue weighted by atomic mass is 9.98. The van der Waals surface area contributed by atoms with Gasteiger partial charge in [0.25, 0.3) is 5.91 Å². The third-order valence-corrected chi connectivity index (χ3v) is 7.35. The second-order valence-electron chi connectivity index (χ2n) is 9.33. The normalized spacial score (nSPS) is 25.6. The second-order valence-corrected chi connectivity index (χ2v) is 9.33. The molecule has 2 amide bonds. The number of carboxylic acids is 1. The fraction of sp³-hybridized carbons (Fsp3) is 0.423. The lowest BCUT2D eigenvalue weighted by Gasteiger charge is -2.34. The molecule has 34 heavy (non-hydrogen) atoms. The molecule has 0 saturated carbocycles. The summed E-state index contributed by atoms with van der Waals surface area (Å²) in [5, 5.41) is 12.4. The van der Waals surface area contributed by atoms with Gasteiger partial charge in [-0.15, -0.1) is 0 Å². The molecule has 2 aromatic carbocycles. The molecule has 0 aromatic heterocycles. The highest BCUT2D eigenvalue weighted by molar-refractivity contribution is 5.90. The van der Waals surface area contributed by atoms with Crippen molar-refractivity contribution in [2.45, 2.75) is 49.8 Å². The molecule has 8 nitrogen and oxygen atoms in total. The van der Waals surface area contributed by atoms with E-state index in [0.29, 0.717) is 32.4 Å². The van der Waals surface area contributed by atoms with Crippen LogP contribution < -0.4 is 5.32 Å². The smallest absolute Gasteiger partial charge is 0.407 e. The summed E-state index contributed by atoms with van der Waals surface area (Å²) in [6.45, 7) is 2.40. The number of ether oxygens (including phenoxy) is 2. The maximum Gasteiger partial charge on any atom is 0.407 e. The molecule has 3 atom stereocenters. The van der Waals surface area contributed by atoms with Gasteiger partial charge < -0.3 is 24.8 Å². The monoisotopic (exact) mass is 464 g/mol. The zero-order valence-electron chi connectivity index (χ0n) is 19.0. The van der Waals surface area contributed by atoms with Crippen LogP contribution in [0.3, 0.4) is 0 Å². The minimum Gasteiger partial charge on any atom is -0.480 e. The summed E-state index contributed by atoms with van der Waals surface area (Å²) >= 11 is 0. The van der Waals surface area contributed by atoms with Crippen molar-refractivity contribution < 1.29 is 29.0 Å². The van der Waals surface area contributed by atoms with E-state index in [9.17, 15) is 19.5 Å². The van der Waals surface area contributed by atoms with E-state index >= 15 is 0 Å². The Balaban J connectivity index is 1.24. The highest BCUT2D eigenvalue weighted by atomic mass is 16.6. The van der Waals surface area contributed by atoms with E-state index in [1.807, 2.05) is 24.3 Å². The number of benzene rings is 2. The molecule has 0 radical (unpaired) electrons. The molecule has 2 aromatic rings. The topological polar surface area (TPSA) is 105 Å². The van der Waals surface area contributed by atoms with Crippen molar-refractivity contribution in [3.63, 3.8) is 0 Å². The van der Waals surface area contributed by atoms with Crippen LogP contribution in [0, 0.1) is 0 Å². The molecule has 3 aliphatic rings. The highest BCUT2D eigenvalue weighted by Crippen LogP contribution is 2.44. The van der Waals surface area contributed by atoms with E-state index in [1.54, 1.807) is 6.92 Å². The van der Waals surface area contributed by atoms with Crippen LogP contribution in [0.4, 0.5) is 4.79 Å². The first-order chi connectivity index (χ1) is 16.4. The van der Waals surface area contributed by atoms with Crippen molar-refractivity contribution in [3.05, 3.63) is 59.7 Å².